The predicted octanol–water partition coefficient (Wildman–Crippen LogP) is -2.98. The van der Waals surface area contributed by atoms with Gasteiger partial charge in [-0.15, -0.1) is 6.42 Å². The number of phosphoric acid groups is 1. The molecular formula is C6H12KO6P. The van der Waals surface area contributed by atoms with Crippen molar-refractivity contribution in [2.75, 3.05) is 6.61 Å². The fourth-order valence-corrected chi connectivity index (χ4v) is 0.232. The Morgan fingerprint density at radius 1 is 1.50 bits per heavy atom. The molecule has 0 aliphatic carbocycles. The van der Waals surface area contributed by atoms with Crippen molar-refractivity contribution >= 4 is 13.8 Å². The fourth-order valence-electron chi connectivity index (χ4n) is 0.232. The molecule has 0 spiro atoms. The van der Waals surface area contributed by atoms with Crippen molar-refractivity contribution in [2.24, 2.45) is 0 Å². The quantitative estimate of drug-likeness (QED) is 0.162. The number of hydrogen-bond donors (Lipinski definition) is 3. The Kier molecular flexibility index (Phi) is 17.5. The number of esters is 1. The van der Waals surface area contributed by atoms with Crippen LogP contribution >= 0.6 is 7.82 Å². The first kappa shape index (κ1) is 20.4. The summed E-state index contributed by atoms with van der Waals surface area (Å²) in [6, 6.07) is 0. The minimum atomic E-state index is -4.64. The molecule has 0 aromatic rings. The van der Waals surface area contributed by atoms with Gasteiger partial charge in [0.2, 0.25) is 0 Å². The van der Waals surface area contributed by atoms with Crippen molar-refractivity contribution in [3.05, 3.63) is 19.6 Å². The van der Waals surface area contributed by atoms with Crippen molar-refractivity contribution < 1.29 is 80.2 Å². The van der Waals surface area contributed by atoms with Crippen LogP contribution in [0, 0.1) is 6.92 Å². The van der Waals surface area contributed by atoms with E-state index in [1.54, 1.807) is 0 Å². The van der Waals surface area contributed by atoms with Gasteiger partial charge in [0.25, 0.3) is 0 Å². The molecule has 0 amide bonds. The molecule has 0 bridgehead atoms. The summed E-state index contributed by atoms with van der Waals surface area (Å²) in [5.41, 5.74) is 0. The summed E-state index contributed by atoms with van der Waals surface area (Å²) < 4.78 is 13.4. The number of ether oxygens (including phenoxy) is 1. The van der Waals surface area contributed by atoms with Crippen LogP contribution < -0.4 is 51.4 Å². The molecule has 0 unspecified atom stereocenters. The average Bonchev–Trinajstić information content (AvgIpc) is 1.97. The molecule has 14 heavy (non-hydrogen) atoms. The maximum Gasteiger partial charge on any atom is 1.00 e. The van der Waals surface area contributed by atoms with Crippen LogP contribution in [0.2, 0.25) is 0 Å². The summed E-state index contributed by atoms with van der Waals surface area (Å²) >= 11 is 0. The van der Waals surface area contributed by atoms with Crippen molar-refractivity contribution in [3.63, 3.8) is 0 Å². The van der Waals surface area contributed by atoms with Crippen LogP contribution in [-0.4, -0.2) is 27.3 Å². The zero-order chi connectivity index (χ0) is 10.9. The summed E-state index contributed by atoms with van der Waals surface area (Å²) in [5.74, 6) is -0.381. The standard InChI is InChI=1S/C6H9O2.K.H3O4P/c1-3-5-8-6(7)4-2;;1-5(2,3)4/h4H,1-3,5H2;;(H3,1,2,3,4)/q-1;+1;. The third-order valence-corrected chi connectivity index (χ3v) is 0.555. The maximum absolute atomic E-state index is 10.2. The number of carbonyl (C=O) groups is 1. The molecule has 0 aliphatic heterocycles. The summed E-state index contributed by atoms with van der Waals surface area (Å²) in [5, 5.41) is 0. The largest absolute Gasteiger partial charge is 1.00 e. The molecule has 0 atom stereocenters. The first-order chi connectivity index (χ1) is 5.81. The number of hydrogen-bond acceptors (Lipinski definition) is 3. The van der Waals surface area contributed by atoms with E-state index in [0.29, 0.717) is 13.0 Å². The van der Waals surface area contributed by atoms with E-state index in [1.165, 1.54) is 0 Å². The summed E-state index contributed by atoms with van der Waals surface area (Å²) in [6.45, 7) is 7.08. The van der Waals surface area contributed by atoms with Crippen molar-refractivity contribution in [3.8, 4) is 0 Å². The second kappa shape index (κ2) is 12.0. The van der Waals surface area contributed by atoms with Gasteiger partial charge in [-0.25, -0.2) is 9.36 Å². The van der Waals surface area contributed by atoms with Crippen molar-refractivity contribution in [1.82, 2.24) is 0 Å². The Balaban J connectivity index is -0.000000177. The van der Waals surface area contributed by atoms with E-state index in [0.717, 1.165) is 6.08 Å². The zero-order valence-corrected chi connectivity index (χ0v) is 11.9. The van der Waals surface area contributed by atoms with Gasteiger partial charge in [0.05, 0.1) is 6.61 Å². The van der Waals surface area contributed by atoms with Gasteiger partial charge in [0.1, 0.15) is 0 Å². The molecule has 0 rings (SSSR count). The molecule has 0 saturated carbocycles. The second-order valence-corrected chi connectivity index (χ2v) is 2.77. The Hall–Kier alpha value is 0.956. The Morgan fingerprint density at radius 2 is 1.86 bits per heavy atom. The van der Waals surface area contributed by atoms with Gasteiger partial charge >= 0.3 is 65.2 Å². The van der Waals surface area contributed by atoms with Gasteiger partial charge in [-0.2, -0.15) is 0 Å². The predicted molar refractivity (Wildman–Crippen MR) is 45.4 cm³/mol. The van der Waals surface area contributed by atoms with Gasteiger partial charge in [0, 0.05) is 6.08 Å². The molecular weight excluding hydrogens is 238 g/mol. The van der Waals surface area contributed by atoms with Gasteiger partial charge in [0.15, 0.2) is 0 Å². The van der Waals surface area contributed by atoms with E-state index in [1.807, 2.05) is 0 Å². The smallest absolute Gasteiger partial charge is 0.465 e. The number of rotatable bonds is 3. The van der Waals surface area contributed by atoms with E-state index >= 15 is 0 Å². The molecule has 0 aliphatic rings. The molecule has 0 heterocycles. The monoisotopic (exact) mass is 250 g/mol. The van der Waals surface area contributed by atoms with Gasteiger partial charge in [-0.05, 0) is 0 Å². The minimum absolute atomic E-state index is 0. The maximum atomic E-state index is 10.2. The zero-order valence-electron chi connectivity index (χ0n) is 7.92. The molecule has 8 heteroatoms. The summed E-state index contributed by atoms with van der Waals surface area (Å²) in [4.78, 5) is 31.8. The molecule has 3 N–H and O–H groups in total. The first-order valence-corrected chi connectivity index (χ1v) is 4.74. The van der Waals surface area contributed by atoms with E-state index in [9.17, 15) is 4.79 Å². The van der Waals surface area contributed by atoms with Crippen LogP contribution in [0.25, 0.3) is 0 Å². The minimum Gasteiger partial charge on any atom is -0.465 e. The summed E-state index contributed by atoms with van der Waals surface area (Å²) in [6.07, 6.45) is 1.75. The fraction of sp³-hybridized carbons (Fsp3) is 0.333. The molecule has 0 radical (unpaired) electrons. The first-order valence-electron chi connectivity index (χ1n) is 3.18. The Morgan fingerprint density at radius 3 is 2.07 bits per heavy atom. The van der Waals surface area contributed by atoms with Crippen LogP contribution in [0.15, 0.2) is 12.7 Å². The molecule has 6 nitrogen and oxygen atoms in total. The van der Waals surface area contributed by atoms with Gasteiger partial charge in [-0.3, -0.25) is 0 Å². The third-order valence-electron chi connectivity index (χ3n) is 0.555. The van der Waals surface area contributed by atoms with Crippen LogP contribution in [-0.2, 0) is 14.1 Å². The molecule has 0 fully saturated rings. The molecule has 0 aromatic carbocycles. The van der Waals surface area contributed by atoms with E-state index in [4.69, 9.17) is 19.2 Å². The third kappa shape index (κ3) is 38.3. The van der Waals surface area contributed by atoms with E-state index in [2.05, 4.69) is 18.2 Å². The van der Waals surface area contributed by atoms with Gasteiger partial charge in [-0.1, -0.05) is 6.58 Å². The summed E-state index contributed by atoms with van der Waals surface area (Å²) in [7, 11) is -4.64. The molecule has 0 aromatic heterocycles. The molecule has 78 valence electrons. The average molecular weight is 250 g/mol. The molecule has 0 saturated heterocycles. The Labute approximate surface area is 125 Å². The van der Waals surface area contributed by atoms with Crippen molar-refractivity contribution in [1.29, 1.82) is 0 Å². The van der Waals surface area contributed by atoms with Crippen molar-refractivity contribution in [2.45, 2.75) is 6.42 Å². The van der Waals surface area contributed by atoms with Crippen LogP contribution in [0.4, 0.5) is 0 Å². The Bertz CT molecular complexity index is 192. The number of carbonyl (C=O) groups excluding carboxylic acids is 1. The second-order valence-electron chi connectivity index (χ2n) is 1.74. The van der Waals surface area contributed by atoms with Crippen LogP contribution in [0.5, 0.6) is 0 Å². The van der Waals surface area contributed by atoms with Crippen LogP contribution in [0.3, 0.4) is 0 Å². The topological polar surface area (TPSA) is 104 Å². The van der Waals surface area contributed by atoms with Crippen LogP contribution in [0.1, 0.15) is 6.42 Å². The van der Waals surface area contributed by atoms with E-state index in [-0.39, 0.29) is 57.4 Å². The van der Waals surface area contributed by atoms with Gasteiger partial charge < -0.3 is 26.3 Å². The normalized spacial score (nSPS) is 8.86. The van der Waals surface area contributed by atoms with E-state index < -0.39 is 7.82 Å². The SMILES string of the molecule is C=CC(=O)OCC[CH2-].O=P(O)(O)O.[K+].